The summed E-state index contributed by atoms with van der Waals surface area (Å²) < 4.78 is 6.67. The van der Waals surface area contributed by atoms with Crippen LogP contribution in [0, 0.1) is 0 Å². The lowest BCUT2D eigenvalue weighted by atomic mass is 10.00. The van der Waals surface area contributed by atoms with Gasteiger partial charge in [0.1, 0.15) is 12.2 Å². The number of likely N-dealkylation sites (tertiary alicyclic amines) is 1. The fourth-order valence-corrected chi connectivity index (χ4v) is 3.30. The van der Waals surface area contributed by atoms with E-state index < -0.39 is 0 Å². The number of aromatic nitrogens is 5. The normalized spacial score (nSPS) is 14.1. The number of carbonyl (C=O) groups excluding carboxylic acids is 1. The lowest BCUT2D eigenvalue weighted by Gasteiger charge is -2.37. The lowest BCUT2D eigenvalue weighted by Crippen LogP contribution is -2.50. The number of para-hydroxylation sites is 1. The van der Waals surface area contributed by atoms with Crippen molar-refractivity contribution in [1.29, 1.82) is 0 Å². The average molecular weight is 388 g/mol. The lowest BCUT2D eigenvalue weighted by molar-refractivity contribution is -0.136. The molecule has 0 spiro atoms. The molecule has 0 saturated carbocycles. The molecule has 0 radical (unpaired) electrons. The molecule has 5 rings (SSSR count). The zero-order chi connectivity index (χ0) is 19.8. The van der Waals surface area contributed by atoms with Gasteiger partial charge in [-0.2, -0.15) is 4.98 Å². The monoisotopic (exact) mass is 388 g/mol. The van der Waals surface area contributed by atoms with E-state index >= 15 is 0 Å². The van der Waals surface area contributed by atoms with Crippen molar-refractivity contribution >= 4 is 16.8 Å². The number of rotatable bonds is 4. The van der Waals surface area contributed by atoms with Crippen LogP contribution in [-0.2, 0) is 11.3 Å². The quantitative estimate of drug-likeness (QED) is 0.521. The van der Waals surface area contributed by atoms with E-state index in [4.69, 9.17) is 4.52 Å². The number of amides is 1. The van der Waals surface area contributed by atoms with Gasteiger partial charge in [-0.25, -0.2) is 4.98 Å². The molecule has 1 aliphatic rings. The summed E-state index contributed by atoms with van der Waals surface area (Å²) in [6, 6.07) is 12.6. The predicted molar refractivity (Wildman–Crippen MR) is 103 cm³/mol. The first-order valence-corrected chi connectivity index (χ1v) is 9.16. The van der Waals surface area contributed by atoms with Crippen LogP contribution >= 0.6 is 0 Å². The Labute approximate surface area is 164 Å². The Morgan fingerprint density at radius 3 is 2.76 bits per heavy atom. The molecule has 1 amide bonds. The molecular formula is C20H16N6O3. The molecule has 29 heavy (non-hydrogen) atoms. The zero-order valence-electron chi connectivity index (χ0n) is 15.3. The minimum Gasteiger partial charge on any atom is -0.339 e. The third kappa shape index (κ3) is 3.16. The smallest absolute Gasteiger partial charge is 0.261 e. The highest BCUT2D eigenvalue weighted by molar-refractivity contribution is 5.79. The maximum Gasteiger partial charge on any atom is 0.261 e. The number of pyridine rings is 1. The summed E-state index contributed by atoms with van der Waals surface area (Å²) in [6.07, 6.45) is 3.08. The Bertz CT molecular complexity index is 1240. The second kappa shape index (κ2) is 6.93. The first-order valence-electron chi connectivity index (χ1n) is 9.16. The molecule has 0 N–H and O–H groups in total. The summed E-state index contributed by atoms with van der Waals surface area (Å²) in [5, 5.41) is 4.46. The standard InChI is InChI=1S/C20H16N6O3/c27-17(11-26-12-22-15-6-2-1-5-14(15)20(26)28)25-9-13(10-25)19-23-18(24-29-19)16-7-3-4-8-21-16/h1-8,12-13H,9-11H2. The van der Waals surface area contributed by atoms with Crippen molar-refractivity contribution in [2.45, 2.75) is 12.5 Å². The molecule has 9 nitrogen and oxygen atoms in total. The number of nitrogens with zero attached hydrogens (tertiary/aromatic N) is 6. The third-order valence-corrected chi connectivity index (χ3v) is 4.96. The van der Waals surface area contributed by atoms with Crippen LogP contribution in [0.4, 0.5) is 0 Å². The number of hydrogen-bond donors (Lipinski definition) is 0. The molecular weight excluding hydrogens is 372 g/mol. The largest absolute Gasteiger partial charge is 0.339 e. The minimum atomic E-state index is -0.224. The third-order valence-electron chi connectivity index (χ3n) is 4.96. The van der Waals surface area contributed by atoms with Crippen molar-refractivity contribution < 1.29 is 9.32 Å². The molecule has 1 fully saturated rings. The van der Waals surface area contributed by atoms with Crippen LogP contribution in [0.15, 0.2) is 64.3 Å². The maximum atomic E-state index is 12.5. The number of fused-ring (bicyclic) bond motifs is 1. The van der Waals surface area contributed by atoms with Gasteiger partial charge in [0.15, 0.2) is 0 Å². The number of benzene rings is 1. The Morgan fingerprint density at radius 2 is 1.93 bits per heavy atom. The summed E-state index contributed by atoms with van der Waals surface area (Å²) >= 11 is 0. The van der Waals surface area contributed by atoms with Gasteiger partial charge in [-0.3, -0.25) is 19.1 Å². The van der Waals surface area contributed by atoms with E-state index in [0.29, 0.717) is 41.4 Å². The molecule has 0 aliphatic carbocycles. The SMILES string of the molecule is O=C(Cn1cnc2ccccc2c1=O)N1CC(c2nc(-c3ccccn3)no2)C1. The Hall–Kier alpha value is -3.88. The number of hydrogen-bond acceptors (Lipinski definition) is 7. The first-order chi connectivity index (χ1) is 14.2. The highest BCUT2D eigenvalue weighted by Gasteiger charge is 2.35. The topological polar surface area (TPSA) is 107 Å². The van der Waals surface area contributed by atoms with E-state index in [1.54, 1.807) is 35.4 Å². The second-order valence-corrected chi connectivity index (χ2v) is 6.86. The van der Waals surface area contributed by atoms with Gasteiger partial charge in [0, 0.05) is 19.3 Å². The molecule has 0 unspecified atom stereocenters. The molecule has 0 atom stereocenters. The highest BCUT2D eigenvalue weighted by Crippen LogP contribution is 2.27. The molecule has 0 bridgehead atoms. The molecule has 1 aliphatic heterocycles. The van der Waals surface area contributed by atoms with E-state index in [1.807, 2.05) is 18.2 Å². The fraction of sp³-hybridized carbons (Fsp3) is 0.200. The van der Waals surface area contributed by atoms with E-state index in [1.165, 1.54) is 10.9 Å². The van der Waals surface area contributed by atoms with Gasteiger partial charge in [0.25, 0.3) is 5.56 Å². The van der Waals surface area contributed by atoms with Gasteiger partial charge in [0.2, 0.25) is 17.6 Å². The van der Waals surface area contributed by atoms with E-state index in [-0.39, 0.29) is 23.9 Å². The summed E-state index contributed by atoms with van der Waals surface area (Å²) in [4.78, 5) is 39.6. The van der Waals surface area contributed by atoms with Crippen molar-refractivity contribution in [3.8, 4) is 11.5 Å². The van der Waals surface area contributed by atoms with Crippen molar-refractivity contribution in [2.24, 2.45) is 0 Å². The molecule has 1 aromatic carbocycles. The molecule has 9 heteroatoms. The predicted octanol–water partition coefficient (Wildman–Crippen LogP) is 1.47. The summed E-state index contributed by atoms with van der Waals surface area (Å²) in [7, 11) is 0. The zero-order valence-corrected chi connectivity index (χ0v) is 15.3. The van der Waals surface area contributed by atoms with Crippen LogP contribution in [0.2, 0.25) is 0 Å². The van der Waals surface area contributed by atoms with Crippen LogP contribution in [0.1, 0.15) is 11.8 Å². The van der Waals surface area contributed by atoms with Crippen molar-refractivity contribution in [3.63, 3.8) is 0 Å². The van der Waals surface area contributed by atoms with Crippen LogP contribution in [0.25, 0.3) is 22.4 Å². The van der Waals surface area contributed by atoms with Gasteiger partial charge in [-0.15, -0.1) is 0 Å². The summed E-state index contributed by atoms with van der Waals surface area (Å²) in [6.45, 7) is 0.892. The van der Waals surface area contributed by atoms with Crippen LogP contribution in [0.5, 0.6) is 0 Å². The summed E-state index contributed by atoms with van der Waals surface area (Å²) in [5.41, 5.74) is 1.03. The molecule has 3 aromatic heterocycles. The first kappa shape index (κ1) is 17.2. The van der Waals surface area contributed by atoms with Gasteiger partial charge in [-0.05, 0) is 24.3 Å². The van der Waals surface area contributed by atoms with Crippen LogP contribution in [-0.4, -0.2) is 48.6 Å². The molecule has 4 aromatic rings. The van der Waals surface area contributed by atoms with Crippen molar-refractivity contribution in [1.82, 2.24) is 29.6 Å². The Kier molecular flexibility index (Phi) is 4.12. The Morgan fingerprint density at radius 1 is 1.10 bits per heavy atom. The van der Waals surface area contributed by atoms with Gasteiger partial charge in [0.05, 0.1) is 23.1 Å². The molecule has 1 saturated heterocycles. The van der Waals surface area contributed by atoms with Crippen LogP contribution in [0.3, 0.4) is 0 Å². The van der Waals surface area contributed by atoms with Gasteiger partial charge >= 0.3 is 0 Å². The fourth-order valence-electron chi connectivity index (χ4n) is 3.30. The maximum absolute atomic E-state index is 12.5. The van der Waals surface area contributed by atoms with E-state index in [2.05, 4.69) is 20.1 Å². The minimum absolute atomic E-state index is 0.0182. The molecule has 4 heterocycles. The van der Waals surface area contributed by atoms with Gasteiger partial charge in [-0.1, -0.05) is 23.4 Å². The average Bonchev–Trinajstić information content (AvgIpc) is 3.19. The molecule has 144 valence electrons. The second-order valence-electron chi connectivity index (χ2n) is 6.86. The van der Waals surface area contributed by atoms with E-state index in [9.17, 15) is 9.59 Å². The van der Waals surface area contributed by atoms with Gasteiger partial charge < -0.3 is 9.42 Å². The van der Waals surface area contributed by atoms with E-state index in [0.717, 1.165) is 0 Å². The summed E-state index contributed by atoms with van der Waals surface area (Å²) in [5.74, 6) is 0.749. The Balaban J connectivity index is 1.25. The highest BCUT2D eigenvalue weighted by atomic mass is 16.5. The number of carbonyl (C=O) groups is 1. The van der Waals surface area contributed by atoms with Crippen LogP contribution < -0.4 is 5.56 Å². The van der Waals surface area contributed by atoms with Crippen molar-refractivity contribution in [3.05, 3.63) is 71.2 Å². The van der Waals surface area contributed by atoms with Crippen molar-refractivity contribution in [2.75, 3.05) is 13.1 Å².